The zero-order valence-electron chi connectivity index (χ0n) is 16.1. The van der Waals surface area contributed by atoms with Crippen molar-refractivity contribution in [2.75, 3.05) is 0 Å². The van der Waals surface area contributed by atoms with E-state index < -0.39 is 18.5 Å². The summed E-state index contributed by atoms with van der Waals surface area (Å²) in [4.78, 5) is 17.2. The summed E-state index contributed by atoms with van der Waals surface area (Å²) in [6, 6.07) is 21.8. The summed E-state index contributed by atoms with van der Waals surface area (Å²) in [7, 11) is 0. The van der Waals surface area contributed by atoms with Crippen molar-refractivity contribution < 1.29 is 18.3 Å². The van der Waals surface area contributed by atoms with Crippen LogP contribution in [0.4, 0.5) is 8.78 Å². The number of hydrogen-bond acceptors (Lipinski definition) is 3. The lowest BCUT2D eigenvalue weighted by Gasteiger charge is -2.17. The number of fused-ring (bicyclic) bond motifs is 1. The highest BCUT2D eigenvalue weighted by molar-refractivity contribution is 5.97. The van der Waals surface area contributed by atoms with Gasteiger partial charge in [-0.05, 0) is 43.3 Å². The monoisotopic (exact) mass is 407 g/mol. The molecule has 1 heterocycles. The zero-order valence-corrected chi connectivity index (χ0v) is 16.1. The Kier molecular flexibility index (Phi) is 5.43. The minimum Gasteiger partial charge on any atom is -0.457 e. The van der Waals surface area contributed by atoms with E-state index in [9.17, 15) is 13.6 Å². The number of halogens is 2. The molecule has 5 nitrogen and oxygen atoms in total. The van der Waals surface area contributed by atoms with E-state index in [4.69, 9.17) is 4.74 Å². The van der Waals surface area contributed by atoms with Crippen LogP contribution in [-0.4, -0.2) is 15.5 Å². The molecule has 4 rings (SSSR count). The van der Waals surface area contributed by atoms with Gasteiger partial charge in [0, 0.05) is 0 Å². The fourth-order valence-corrected chi connectivity index (χ4v) is 3.27. The van der Waals surface area contributed by atoms with Crippen molar-refractivity contribution in [1.29, 1.82) is 0 Å². The van der Waals surface area contributed by atoms with Crippen molar-refractivity contribution in [3.63, 3.8) is 0 Å². The van der Waals surface area contributed by atoms with Gasteiger partial charge in [0.25, 0.3) is 5.91 Å². The van der Waals surface area contributed by atoms with Crippen LogP contribution in [0.3, 0.4) is 0 Å². The molecule has 0 fully saturated rings. The second-order valence-corrected chi connectivity index (χ2v) is 6.71. The summed E-state index contributed by atoms with van der Waals surface area (Å²) in [6.45, 7) is -1.15. The number of hydrogen-bond donors (Lipinski definition) is 1. The lowest BCUT2D eigenvalue weighted by molar-refractivity contribution is 0.0687. The predicted molar refractivity (Wildman–Crippen MR) is 110 cm³/mol. The normalized spacial score (nSPS) is 12.1. The fourth-order valence-electron chi connectivity index (χ4n) is 3.27. The number of para-hydroxylation sites is 4. The molecule has 0 saturated carbocycles. The van der Waals surface area contributed by atoms with Crippen LogP contribution in [0.15, 0.2) is 78.9 Å². The van der Waals surface area contributed by atoms with E-state index in [2.05, 4.69) is 10.3 Å². The fraction of sp³-hybridized carbons (Fsp3) is 0.130. The van der Waals surface area contributed by atoms with Gasteiger partial charge in [0.15, 0.2) is 0 Å². The highest BCUT2D eigenvalue weighted by Crippen LogP contribution is 2.28. The lowest BCUT2D eigenvalue weighted by Crippen LogP contribution is -2.29. The van der Waals surface area contributed by atoms with Crippen LogP contribution in [0, 0.1) is 0 Å². The van der Waals surface area contributed by atoms with E-state index in [0.717, 1.165) is 4.57 Å². The molecule has 7 heteroatoms. The number of rotatable bonds is 6. The molecule has 1 N–H and O–H groups in total. The summed E-state index contributed by atoms with van der Waals surface area (Å²) in [5.74, 6) is 0.601. The maximum Gasteiger partial charge on any atom is 0.320 e. The van der Waals surface area contributed by atoms with E-state index in [0.29, 0.717) is 28.1 Å². The largest absolute Gasteiger partial charge is 0.457 e. The van der Waals surface area contributed by atoms with Crippen molar-refractivity contribution in [1.82, 2.24) is 14.9 Å². The Bertz CT molecular complexity index is 1180. The minimum absolute atomic E-state index is 0.0843. The standard InChI is InChI=1S/C23H19F2N3O2/c1-15(21-27-18-12-6-7-13-19(18)28(21)23(24)25)26-22(29)17-11-5-8-14-20(17)30-16-9-3-2-4-10-16/h2-15,23H,1H3,(H,26,29)/t15-/m0/s1. The smallest absolute Gasteiger partial charge is 0.320 e. The molecule has 0 aliphatic carbocycles. The van der Waals surface area contributed by atoms with Gasteiger partial charge in [-0.2, -0.15) is 8.78 Å². The molecule has 0 radical (unpaired) electrons. The molecule has 0 unspecified atom stereocenters. The number of carbonyl (C=O) groups is 1. The zero-order chi connectivity index (χ0) is 21.1. The average Bonchev–Trinajstić information content (AvgIpc) is 3.15. The molecule has 3 aromatic carbocycles. The summed E-state index contributed by atoms with van der Waals surface area (Å²) in [5, 5.41) is 2.76. The van der Waals surface area contributed by atoms with Gasteiger partial charge >= 0.3 is 6.55 Å². The molecule has 152 valence electrons. The minimum atomic E-state index is -2.78. The van der Waals surface area contributed by atoms with Gasteiger partial charge in [0.2, 0.25) is 0 Å². The first kappa shape index (κ1) is 19.6. The number of nitrogens with one attached hydrogen (secondary N) is 1. The van der Waals surface area contributed by atoms with Crippen LogP contribution < -0.4 is 10.1 Å². The third kappa shape index (κ3) is 3.87. The van der Waals surface area contributed by atoms with Crippen LogP contribution in [-0.2, 0) is 0 Å². The number of carbonyl (C=O) groups excluding carboxylic acids is 1. The van der Waals surface area contributed by atoms with Crippen molar-refractivity contribution in [2.24, 2.45) is 0 Å². The summed E-state index contributed by atoms with van der Waals surface area (Å²) < 4.78 is 34.1. The predicted octanol–water partition coefficient (Wildman–Crippen LogP) is 5.71. The maximum absolute atomic E-state index is 13.7. The second-order valence-electron chi connectivity index (χ2n) is 6.71. The molecular formula is C23H19F2N3O2. The number of alkyl halides is 2. The third-order valence-corrected chi connectivity index (χ3v) is 4.66. The van der Waals surface area contributed by atoms with E-state index in [1.807, 2.05) is 18.2 Å². The quantitative estimate of drug-likeness (QED) is 0.445. The van der Waals surface area contributed by atoms with E-state index >= 15 is 0 Å². The van der Waals surface area contributed by atoms with E-state index in [1.165, 1.54) is 0 Å². The Morgan fingerprint density at radius 3 is 2.40 bits per heavy atom. The Morgan fingerprint density at radius 2 is 1.63 bits per heavy atom. The number of benzene rings is 3. The van der Waals surface area contributed by atoms with Gasteiger partial charge in [0.05, 0.1) is 22.6 Å². The summed E-state index contributed by atoms with van der Waals surface area (Å²) in [6.07, 6.45) is 0. The van der Waals surface area contributed by atoms with Gasteiger partial charge < -0.3 is 10.1 Å². The lowest BCUT2D eigenvalue weighted by atomic mass is 10.1. The highest BCUT2D eigenvalue weighted by Gasteiger charge is 2.24. The third-order valence-electron chi connectivity index (χ3n) is 4.66. The SMILES string of the molecule is C[C@H](NC(=O)c1ccccc1Oc1ccccc1)c1nc2ccccc2n1C(F)F. The van der Waals surface area contributed by atoms with Crippen LogP contribution in [0.25, 0.3) is 11.0 Å². The Balaban J connectivity index is 1.61. The molecule has 1 atom stereocenters. The number of amides is 1. The molecule has 0 aliphatic rings. The van der Waals surface area contributed by atoms with Crippen molar-refractivity contribution in [2.45, 2.75) is 19.5 Å². The molecule has 30 heavy (non-hydrogen) atoms. The van der Waals surface area contributed by atoms with Crippen molar-refractivity contribution in [3.05, 3.63) is 90.3 Å². The summed E-state index contributed by atoms with van der Waals surface area (Å²) >= 11 is 0. The van der Waals surface area contributed by atoms with Gasteiger partial charge in [-0.15, -0.1) is 0 Å². The average molecular weight is 407 g/mol. The molecular weight excluding hydrogens is 388 g/mol. The van der Waals surface area contributed by atoms with Gasteiger partial charge in [-0.1, -0.05) is 42.5 Å². The molecule has 0 aliphatic heterocycles. The van der Waals surface area contributed by atoms with Crippen LogP contribution in [0.5, 0.6) is 11.5 Å². The maximum atomic E-state index is 13.7. The highest BCUT2D eigenvalue weighted by atomic mass is 19.3. The number of ether oxygens (including phenoxy) is 1. The van der Waals surface area contributed by atoms with Crippen LogP contribution >= 0.6 is 0 Å². The summed E-state index contributed by atoms with van der Waals surface area (Å²) in [5.41, 5.74) is 1.06. The van der Waals surface area contributed by atoms with Crippen LogP contribution in [0.2, 0.25) is 0 Å². The first-order chi connectivity index (χ1) is 14.5. The Hall–Kier alpha value is -3.74. The number of imidazole rings is 1. The molecule has 0 bridgehead atoms. The number of nitrogens with zero attached hydrogens (tertiary/aromatic N) is 2. The Labute approximate surface area is 171 Å². The van der Waals surface area contributed by atoms with E-state index in [1.54, 1.807) is 67.6 Å². The molecule has 0 spiro atoms. The van der Waals surface area contributed by atoms with E-state index in [-0.39, 0.29) is 5.82 Å². The van der Waals surface area contributed by atoms with Gasteiger partial charge in [-0.3, -0.25) is 9.36 Å². The van der Waals surface area contributed by atoms with Crippen molar-refractivity contribution in [3.8, 4) is 11.5 Å². The molecule has 1 aromatic heterocycles. The topological polar surface area (TPSA) is 56.1 Å². The molecule has 0 saturated heterocycles. The van der Waals surface area contributed by atoms with Crippen molar-refractivity contribution >= 4 is 16.9 Å². The molecule has 1 amide bonds. The van der Waals surface area contributed by atoms with Gasteiger partial charge in [0.1, 0.15) is 17.3 Å². The first-order valence-corrected chi connectivity index (χ1v) is 9.42. The number of aromatic nitrogens is 2. The Morgan fingerprint density at radius 1 is 0.967 bits per heavy atom. The first-order valence-electron chi connectivity index (χ1n) is 9.42. The molecule has 4 aromatic rings. The van der Waals surface area contributed by atoms with Crippen LogP contribution in [0.1, 0.15) is 35.7 Å². The second kappa shape index (κ2) is 8.32. The van der Waals surface area contributed by atoms with Gasteiger partial charge in [-0.25, -0.2) is 4.98 Å².